The minimum atomic E-state index is -0.984. The zero-order valence-corrected chi connectivity index (χ0v) is 4.09. The van der Waals surface area contributed by atoms with E-state index in [-0.39, 0.29) is 0 Å². The SMILES string of the molecule is CC/N=C/C(=O)O. The van der Waals surface area contributed by atoms with Crippen molar-refractivity contribution in [2.24, 2.45) is 4.99 Å². The fraction of sp³-hybridized carbons (Fsp3) is 0.500. The van der Waals surface area contributed by atoms with E-state index in [0.29, 0.717) is 6.54 Å². The molecule has 0 aromatic rings. The van der Waals surface area contributed by atoms with Crippen LogP contribution in [0.1, 0.15) is 6.92 Å². The van der Waals surface area contributed by atoms with Gasteiger partial charge in [0.25, 0.3) is 0 Å². The molecule has 1 N–H and O–H groups in total. The van der Waals surface area contributed by atoms with Crippen LogP contribution < -0.4 is 0 Å². The summed E-state index contributed by atoms with van der Waals surface area (Å²) < 4.78 is 0. The highest BCUT2D eigenvalue weighted by atomic mass is 16.4. The molecule has 0 saturated carbocycles. The third-order valence-corrected chi connectivity index (χ3v) is 0.384. The van der Waals surface area contributed by atoms with Crippen LogP contribution >= 0.6 is 0 Å². The predicted molar refractivity (Wildman–Crippen MR) is 26.7 cm³/mol. The lowest BCUT2D eigenvalue weighted by molar-refractivity contribution is -0.128. The van der Waals surface area contributed by atoms with Gasteiger partial charge in [0, 0.05) is 6.54 Å². The van der Waals surface area contributed by atoms with E-state index in [2.05, 4.69) is 4.99 Å². The van der Waals surface area contributed by atoms with Crippen molar-refractivity contribution in [1.82, 2.24) is 0 Å². The van der Waals surface area contributed by atoms with Crippen LogP contribution in [0.4, 0.5) is 0 Å². The summed E-state index contributed by atoms with van der Waals surface area (Å²) in [6, 6.07) is 0. The van der Waals surface area contributed by atoms with Gasteiger partial charge in [0.05, 0.1) is 0 Å². The van der Waals surface area contributed by atoms with Crippen LogP contribution in [0.3, 0.4) is 0 Å². The third-order valence-electron chi connectivity index (χ3n) is 0.384. The number of hydrogen-bond donors (Lipinski definition) is 1. The van der Waals surface area contributed by atoms with Crippen molar-refractivity contribution in [3.63, 3.8) is 0 Å². The minimum Gasteiger partial charge on any atom is -0.477 e. The maximum Gasteiger partial charge on any atom is 0.346 e. The van der Waals surface area contributed by atoms with Gasteiger partial charge in [0.15, 0.2) is 0 Å². The first kappa shape index (κ1) is 6.14. The van der Waals surface area contributed by atoms with Gasteiger partial charge in [-0.25, -0.2) is 4.79 Å². The summed E-state index contributed by atoms with van der Waals surface area (Å²) >= 11 is 0. The first-order chi connectivity index (χ1) is 3.27. The van der Waals surface area contributed by atoms with Gasteiger partial charge < -0.3 is 5.11 Å². The van der Waals surface area contributed by atoms with Gasteiger partial charge in [-0.3, -0.25) is 4.99 Å². The monoisotopic (exact) mass is 101 g/mol. The quantitative estimate of drug-likeness (QED) is 0.504. The number of nitrogens with zero attached hydrogens (tertiary/aromatic N) is 1. The topological polar surface area (TPSA) is 49.7 Å². The van der Waals surface area contributed by atoms with Crippen LogP contribution in [-0.2, 0) is 4.79 Å². The van der Waals surface area contributed by atoms with Gasteiger partial charge in [-0.15, -0.1) is 0 Å². The van der Waals surface area contributed by atoms with E-state index in [1.807, 2.05) is 0 Å². The molecule has 3 heteroatoms. The summed E-state index contributed by atoms with van der Waals surface area (Å²) in [5.41, 5.74) is 0. The number of hydrogen-bond acceptors (Lipinski definition) is 2. The minimum absolute atomic E-state index is 0.534. The zero-order chi connectivity index (χ0) is 5.70. The maximum absolute atomic E-state index is 9.61. The molecule has 0 aliphatic rings. The van der Waals surface area contributed by atoms with E-state index in [9.17, 15) is 4.79 Å². The molecular weight excluding hydrogens is 94.0 g/mol. The lowest BCUT2D eigenvalue weighted by Gasteiger charge is -1.74. The molecule has 40 valence electrons. The summed E-state index contributed by atoms with van der Waals surface area (Å²) in [6.07, 6.45) is 0.889. The largest absolute Gasteiger partial charge is 0.477 e. The van der Waals surface area contributed by atoms with E-state index in [1.54, 1.807) is 6.92 Å². The number of aliphatic carboxylic acids is 1. The molecule has 0 aliphatic heterocycles. The molecule has 0 atom stereocenters. The van der Waals surface area contributed by atoms with Crippen LogP contribution in [0.5, 0.6) is 0 Å². The van der Waals surface area contributed by atoms with E-state index < -0.39 is 5.97 Å². The summed E-state index contributed by atoms with van der Waals surface area (Å²) in [7, 11) is 0. The summed E-state index contributed by atoms with van der Waals surface area (Å²) in [5, 5.41) is 7.90. The second kappa shape index (κ2) is 3.33. The summed E-state index contributed by atoms with van der Waals surface area (Å²) in [4.78, 5) is 13.1. The zero-order valence-electron chi connectivity index (χ0n) is 4.09. The Hall–Kier alpha value is -0.860. The molecule has 3 nitrogen and oxygen atoms in total. The Labute approximate surface area is 41.7 Å². The Morgan fingerprint density at radius 3 is 2.71 bits per heavy atom. The van der Waals surface area contributed by atoms with Gasteiger partial charge in [-0.2, -0.15) is 0 Å². The molecule has 0 rings (SSSR count). The second-order valence-electron chi connectivity index (χ2n) is 0.966. The Balaban J connectivity index is 3.26. The number of rotatable bonds is 2. The highest BCUT2D eigenvalue weighted by Crippen LogP contribution is 1.61. The average Bonchev–Trinajstić information content (AvgIpc) is 1.61. The maximum atomic E-state index is 9.61. The first-order valence-electron chi connectivity index (χ1n) is 2.00. The van der Waals surface area contributed by atoms with Crippen LogP contribution in [0.2, 0.25) is 0 Å². The molecule has 0 aromatic carbocycles. The number of aliphatic imine (C=N–C) groups is 1. The lowest BCUT2D eigenvalue weighted by atomic mass is 10.7. The van der Waals surface area contributed by atoms with Crippen molar-refractivity contribution >= 4 is 12.2 Å². The fourth-order valence-corrected chi connectivity index (χ4v) is 0.169. The van der Waals surface area contributed by atoms with Gasteiger partial charge in [0.2, 0.25) is 0 Å². The highest BCUT2D eigenvalue weighted by molar-refractivity contribution is 6.21. The van der Waals surface area contributed by atoms with Crippen molar-refractivity contribution in [2.75, 3.05) is 6.54 Å². The third kappa shape index (κ3) is 5.14. The summed E-state index contributed by atoms with van der Waals surface area (Å²) in [5.74, 6) is -0.984. The Bertz CT molecular complexity index is 87.7. The predicted octanol–water partition coefficient (Wildman–Crippen LogP) is 0.162. The molecule has 0 spiro atoms. The average molecular weight is 101 g/mol. The smallest absolute Gasteiger partial charge is 0.346 e. The second-order valence-corrected chi connectivity index (χ2v) is 0.966. The number of carboxylic acid groups (broad SMARTS) is 1. The fourth-order valence-electron chi connectivity index (χ4n) is 0.169. The highest BCUT2D eigenvalue weighted by Gasteiger charge is 1.80. The first-order valence-corrected chi connectivity index (χ1v) is 2.00. The van der Waals surface area contributed by atoms with Crippen molar-refractivity contribution < 1.29 is 9.90 Å². The Morgan fingerprint density at radius 1 is 2.00 bits per heavy atom. The normalized spacial score (nSPS) is 9.86. The van der Waals surface area contributed by atoms with Gasteiger partial charge in [0.1, 0.15) is 6.21 Å². The molecule has 7 heavy (non-hydrogen) atoms. The van der Waals surface area contributed by atoms with Crippen LogP contribution in [0.15, 0.2) is 4.99 Å². The van der Waals surface area contributed by atoms with E-state index in [1.165, 1.54) is 0 Å². The Kier molecular flexibility index (Phi) is 2.92. The van der Waals surface area contributed by atoms with Crippen molar-refractivity contribution in [1.29, 1.82) is 0 Å². The molecule has 0 radical (unpaired) electrons. The van der Waals surface area contributed by atoms with Gasteiger partial charge in [-0.05, 0) is 6.92 Å². The molecule has 0 fully saturated rings. The molecule has 0 aliphatic carbocycles. The number of carbonyl (C=O) groups is 1. The number of carboxylic acids is 1. The van der Waals surface area contributed by atoms with Crippen molar-refractivity contribution in [3.05, 3.63) is 0 Å². The summed E-state index contributed by atoms with van der Waals surface area (Å²) in [6.45, 7) is 2.31. The van der Waals surface area contributed by atoms with E-state index in [4.69, 9.17) is 5.11 Å². The molecule has 0 saturated heterocycles. The molecule has 0 aromatic heterocycles. The van der Waals surface area contributed by atoms with Crippen molar-refractivity contribution in [3.8, 4) is 0 Å². The van der Waals surface area contributed by atoms with Crippen LogP contribution in [0.25, 0.3) is 0 Å². The molecule has 0 amide bonds. The van der Waals surface area contributed by atoms with Crippen molar-refractivity contribution in [2.45, 2.75) is 6.92 Å². The molecular formula is C4H7NO2. The molecule has 0 unspecified atom stereocenters. The van der Waals surface area contributed by atoms with E-state index in [0.717, 1.165) is 6.21 Å². The standard InChI is InChI=1S/C4H7NO2/c1-2-5-3-4(6)7/h3H,2H2,1H3,(H,6,7)/b5-3+. The Morgan fingerprint density at radius 2 is 2.57 bits per heavy atom. The molecule has 0 heterocycles. The van der Waals surface area contributed by atoms with Crippen LogP contribution in [-0.4, -0.2) is 23.8 Å². The van der Waals surface area contributed by atoms with Gasteiger partial charge in [-0.1, -0.05) is 0 Å². The lowest BCUT2D eigenvalue weighted by Crippen LogP contribution is -1.94. The van der Waals surface area contributed by atoms with Crippen LogP contribution in [0, 0.1) is 0 Å². The molecule has 0 bridgehead atoms. The van der Waals surface area contributed by atoms with Gasteiger partial charge >= 0.3 is 5.97 Å². The van der Waals surface area contributed by atoms with E-state index >= 15 is 0 Å².